The summed E-state index contributed by atoms with van der Waals surface area (Å²) < 4.78 is 25.4. The average Bonchev–Trinajstić information content (AvgIpc) is 2.18. The summed E-state index contributed by atoms with van der Waals surface area (Å²) in [5.41, 5.74) is 5.72. The van der Waals surface area contributed by atoms with E-state index in [0.717, 1.165) is 18.9 Å². The fourth-order valence-corrected chi connectivity index (χ4v) is 1.24. The van der Waals surface area contributed by atoms with E-state index in [-0.39, 0.29) is 0 Å². The number of aromatic hydroxyl groups is 1. The topological polar surface area (TPSA) is 46.2 Å². The first kappa shape index (κ1) is 10.9. The van der Waals surface area contributed by atoms with Gasteiger partial charge >= 0.3 is 0 Å². The molecule has 0 saturated heterocycles. The Morgan fingerprint density at radius 1 is 1.21 bits per heavy atom. The second-order valence-electron chi connectivity index (χ2n) is 3.11. The van der Waals surface area contributed by atoms with Gasteiger partial charge in [-0.3, -0.25) is 0 Å². The molecular formula is C10H13F2NO. The summed E-state index contributed by atoms with van der Waals surface area (Å²) in [6, 6.07) is 2.41. The molecule has 3 N–H and O–H groups in total. The third-order valence-corrected chi connectivity index (χ3v) is 2.05. The van der Waals surface area contributed by atoms with Gasteiger partial charge < -0.3 is 10.8 Å². The van der Waals surface area contributed by atoms with Crippen molar-refractivity contribution in [2.75, 3.05) is 6.54 Å². The molecule has 0 aromatic heterocycles. The van der Waals surface area contributed by atoms with E-state index >= 15 is 0 Å². The van der Waals surface area contributed by atoms with Gasteiger partial charge in [-0.2, -0.15) is 4.39 Å². The first-order chi connectivity index (χ1) is 6.66. The van der Waals surface area contributed by atoms with Crippen LogP contribution in [0.4, 0.5) is 8.78 Å². The predicted octanol–water partition coefficient (Wildman–Crippen LogP) is 1.95. The molecule has 0 bridgehead atoms. The van der Waals surface area contributed by atoms with Gasteiger partial charge in [-0.1, -0.05) is 6.07 Å². The molecule has 0 saturated carbocycles. The number of aryl methyl sites for hydroxylation is 1. The smallest absolute Gasteiger partial charge is 0.200 e. The lowest BCUT2D eigenvalue weighted by atomic mass is 10.1. The zero-order valence-electron chi connectivity index (χ0n) is 7.76. The number of unbranched alkanes of at least 4 members (excludes halogenated alkanes) is 1. The molecule has 1 aromatic rings. The SMILES string of the molecule is NCCCCc1ccc(F)c(F)c1O. The van der Waals surface area contributed by atoms with E-state index in [0.29, 0.717) is 18.5 Å². The number of hydrogen-bond donors (Lipinski definition) is 2. The number of rotatable bonds is 4. The van der Waals surface area contributed by atoms with E-state index in [1.165, 1.54) is 6.07 Å². The molecule has 0 aliphatic rings. The van der Waals surface area contributed by atoms with Crippen LogP contribution < -0.4 is 5.73 Å². The lowest BCUT2D eigenvalue weighted by Gasteiger charge is -2.05. The Morgan fingerprint density at radius 3 is 2.57 bits per heavy atom. The van der Waals surface area contributed by atoms with Crippen molar-refractivity contribution in [2.45, 2.75) is 19.3 Å². The molecule has 78 valence electrons. The maximum absolute atomic E-state index is 12.9. The zero-order valence-corrected chi connectivity index (χ0v) is 7.76. The Labute approximate surface area is 81.4 Å². The molecule has 0 aliphatic carbocycles. The normalized spacial score (nSPS) is 10.5. The summed E-state index contributed by atoms with van der Waals surface area (Å²) in [6.07, 6.45) is 2.08. The Morgan fingerprint density at radius 2 is 1.93 bits per heavy atom. The van der Waals surface area contributed by atoms with Gasteiger partial charge in [0.15, 0.2) is 11.6 Å². The molecule has 0 unspecified atom stereocenters. The molecule has 1 rings (SSSR count). The van der Waals surface area contributed by atoms with Crippen molar-refractivity contribution in [3.05, 3.63) is 29.3 Å². The van der Waals surface area contributed by atoms with Crippen LogP contribution in [0.15, 0.2) is 12.1 Å². The molecule has 4 heteroatoms. The number of benzene rings is 1. The maximum Gasteiger partial charge on any atom is 0.200 e. The Kier molecular flexibility index (Phi) is 3.83. The lowest BCUT2D eigenvalue weighted by Crippen LogP contribution is -1.99. The number of hydrogen-bond acceptors (Lipinski definition) is 2. The highest BCUT2D eigenvalue weighted by Gasteiger charge is 2.11. The molecular weight excluding hydrogens is 188 g/mol. The van der Waals surface area contributed by atoms with Gasteiger partial charge in [0.05, 0.1) is 0 Å². The molecule has 14 heavy (non-hydrogen) atoms. The van der Waals surface area contributed by atoms with Gasteiger partial charge in [-0.15, -0.1) is 0 Å². The molecule has 0 atom stereocenters. The minimum Gasteiger partial charge on any atom is -0.505 e. The number of halogens is 2. The highest BCUT2D eigenvalue weighted by Crippen LogP contribution is 2.24. The van der Waals surface area contributed by atoms with Gasteiger partial charge in [-0.25, -0.2) is 4.39 Å². The number of phenols is 1. The summed E-state index contributed by atoms with van der Waals surface area (Å²) in [5, 5.41) is 9.23. The largest absolute Gasteiger partial charge is 0.505 e. The highest BCUT2D eigenvalue weighted by molar-refractivity contribution is 5.34. The fourth-order valence-electron chi connectivity index (χ4n) is 1.24. The van der Waals surface area contributed by atoms with Crippen LogP contribution in [0, 0.1) is 11.6 Å². The van der Waals surface area contributed by atoms with Crippen LogP contribution in [0.2, 0.25) is 0 Å². The van der Waals surface area contributed by atoms with E-state index in [9.17, 15) is 13.9 Å². The fraction of sp³-hybridized carbons (Fsp3) is 0.400. The van der Waals surface area contributed by atoms with Gasteiger partial charge in [-0.05, 0) is 37.4 Å². The van der Waals surface area contributed by atoms with Crippen LogP contribution in [0.3, 0.4) is 0 Å². The Balaban J connectivity index is 2.73. The molecule has 0 heterocycles. The second-order valence-corrected chi connectivity index (χ2v) is 3.11. The highest BCUT2D eigenvalue weighted by atomic mass is 19.2. The van der Waals surface area contributed by atoms with E-state index in [1.54, 1.807) is 0 Å². The van der Waals surface area contributed by atoms with Crippen molar-refractivity contribution in [1.82, 2.24) is 0 Å². The minimum absolute atomic E-state index is 0.428. The summed E-state index contributed by atoms with van der Waals surface area (Å²) in [7, 11) is 0. The second kappa shape index (κ2) is 4.91. The summed E-state index contributed by atoms with van der Waals surface area (Å²) in [5.74, 6) is -2.78. The summed E-state index contributed by atoms with van der Waals surface area (Å²) >= 11 is 0. The molecule has 0 spiro atoms. The van der Waals surface area contributed by atoms with Crippen molar-refractivity contribution in [3.63, 3.8) is 0 Å². The Bertz CT molecular complexity index is 315. The van der Waals surface area contributed by atoms with Gasteiger partial charge in [0, 0.05) is 0 Å². The van der Waals surface area contributed by atoms with Crippen LogP contribution >= 0.6 is 0 Å². The lowest BCUT2D eigenvalue weighted by molar-refractivity contribution is 0.400. The van der Waals surface area contributed by atoms with E-state index < -0.39 is 17.4 Å². The van der Waals surface area contributed by atoms with Gasteiger partial charge in [0.25, 0.3) is 0 Å². The quantitative estimate of drug-likeness (QED) is 0.731. The van der Waals surface area contributed by atoms with Crippen molar-refractivity contribution in [3.8, 4) is 5.75 Å². The van der Waals surface area contributed by atoms with Crippen LogP contribution in [-0.2, 0) is 6.42 Å². The van der Waals surface area contributed by atoms with E-state index in [1.807, 2.05) is 0 Å². The van der Waals surface area contributed by atoms with E-state index in [4.69, 9.17) is 5.73 Å². The zero-order chi connectivity index (χ0) is 10.6. The monoisotopic (exact) mass is 201 g/mol. The molecule has 2 nitrogen and oxygen atoms in total. The first-order valence-electron chi connectivity index (χ1n) is 4.52. The van der Waals surface area contributed by atoms with Gasteiger partial charge in [0.2, 0.25) is 5.82 Å². The molecule has 0 fully saturated rings. The van der Waals surface area contributed by atoms with Crippen molar-refractivity contribution in [1.29, 1.82) is 0 Å². The van der Waals surface area contributed by atoms with Crippen LogP contribution in [0.25, 0.3) is 0 Å². The van der Waals surface area contributed by atoms with Crippen LogP contribution in [-0.4, -0.2) is 11.7 Å². The number of nitrogens with two attached hydrogens (primary N) is 1. The van der Waals surface area contributed by atoms with Crippen LogP contribution in [0.1, 0.15) is 18.4 Å². The van der Waals surface area contributed by atoms with E-state index in [2.05, 4.69) is 0 Å². The van der Waals surface area contributed by atoms with Crippen LogP contribution in [0.5, 0.6) is 5.75 Å². The molecule has 0 aliphatic heterocycles. The minimum atomic E-state index is -1.17. The van der Waals surface area contributed by atoms with Crippen molar-refractivity contribution < 1.29 is 13.9 Å². The average molecular weight is 201 g/mol. The molecule has 0 radical (unpaired) electrons. The predicted molar refractivity (Wildman–Crippen MR) is 50.0 cm³/mol. The maximum atomic E-state index is 12.9. The first-order valence-corrected chi connectivity index (χ1v) is 4.52. The number of phenolic OH excluding ortho intramolecular Hbond substituents is 1. The molecule has 1 aromatic carbocycles. The Hall–Kier alpha value is -1.16. The standard InChI is InChI=1S/C10H13F2NO/c11-8-5-4-7(3-1-2-6-13)10(14)9(8)12/h4-5,14H,1-3,6,13H2. The summed E-state index contributed by atoms with van der Waals surface area (Å²) in [6.45, 7) is 0.560. The summed E-state index contributed by atoms with van der Waals surface area (Å²) in [4.78, 5) is 0. The molecule has 0 amide bonds. The third kappa shape index (κ3) is 2.42. The van der Waals surface area contributed by atoms with Gasteiger partial charge in [0.1, 0.15) is 0 Å². The van der Waals surface area contributed by atoms with Crippen molar-refractivity contribution >= 4 is 0 Å². The van der Waals surface area contributed by atoms with Crippen molar-refractivity contribution in [2.24, 2.45) is 5.73 Å². The third-order valence-electron chi connectivity index (χ3n) is 2.05.